The van der Waals surface area contributed by atoms with E-state index in [1.165, 1.54) is 0 Å². The second-order valence-electron chi connectivity index (χ2n) is 10.0. The van der Waals surface area contributed by atoms with Crippen LogP contribution in [0.5, 0.6) is 5.75 Å². The average molecular weight is 493 g/mol. The molecule has 3 N–H and O–H groups in total. The summed E-state index contributed by atoms with van der Waals surface area (Å²) in [4.78, 5) is 28.3. The van der Waals surface area contributed by atoms with E-state index in [1.807, 2.05) is 41.4 Å². The number of anilines is 1. The first-order chi connectivity index (χ1) is 18.2. The number of H-pyrrole nitrogens is 1. The molecule has 7 rings (SSSR count). The molecule has 5 aromatic rings. The number of rotatable bonds is 3. The topological polar surface area (TPSA) is 102 Å². The van der Waals surface area contributed by atoms with E-state index in [0.29, 0.717) is 25.5 Å². The molecular weight excluding hydrogens is 464 g/mol. The molecule has 8 heteroatoms. The van der Waals surface area contributed by atoms with Crippen molar-refractivity contribution in [3.8, 4) is 17.1 Å². The number of benzene rings is 2. The van der Waals surface area contributed by atoms with Crippen LogP contribution in [0.1, 0.15) is 30.1 Å². The number of aromatic amines is 1. The van der Waals surface area contributed by atoms with E-state index in [2.05, 4.69) is 38.6 Å². The van der Waals surface area contributed by atoms with E-state index in [4.69, 9.17) is 15.5 Å². The molecule has 186 valence electrons. The number of nitrogen functional groups attached to an aromatic ring is 1. The van der Waals surface area contributed by atoms with Crippen LogP contribution in [0, 0.1) is 5.92 Å². The molecule has 1 atom stereocenters. The second-order valence-corrected chi connectivity index (χ2v) is 10.0. The molecule has 0 radical (unpaired) electrons. The summed E-state index contributed by atoms with van der Waals surface area (Å²) in [5.41, 5.74) is 11.1. The molecule has 0 bridgehead atoms. The second kappa shape index (κ2) is 8.65. The predicted octanol–water partition coefficient (Wildman–Crippen LogP) is 4.42. The Kier molecular flexibility index (Phi) is 5.13. The van der Waals surface area contributed by atoms with Gasteiger partial charge < -0.3 is 20.4 Å². The Bertz CT molecular complexity index is 1600. The summed E-state index contributed by atoms with van der Waals surface area (Å²) < 4.78 is 7.96. The minimum absolute atomic E-state index is 0.127. The van der Waals surface area contributed by atoms with Gasteiger partial charge in [0.25, 0.3) is 0 Å². The molecule has 0 saturated carbocycles. The molecule has 5 heterocycles. The van der Waals surface area contributed by atoms with Crippen LogP contribution in [0.15, 0.2) is 67.0 Å². The van der Waals surface area contributed by atoms with E-state index < -0.39 is 0 Å². The standard InChI is InChI=1S/C29H28N6O2/c30-27-26-25(23-16-19-5-1-3-7-22(19)32-23)33-28(35(26)14-11-31-27)18-9-12-34(13-10-18)29(36)21-15-20-6-2-4-8-24(20)37-17-21/h1-8,11,14,16,18,21,32H,9-10,12-13,15,17H2,(H2,30,31). The first-order valence-electron chi connectivity index (χ1n) is 12.9. The summed E-state index contributed by atoms with van der Waals surface area (Å²) in [6.07, 6.45) is 6.10. The number of ether oxygens (including phenoxy) is 1. The SMILES string of the molecule is Nc1nccn2c(C3CCN(C(=O)C4COc5ccccc5C4)CC3)nc(-c3cc4ccccc4[nH]3)c12. The van der Waals surface area contributed by atoms with Crippen LogP contribution in [0.2, 0.25) is 0 Å². The van der Waals surface area contributed by atoms with Crippen molar-refractivity contribution in [2.24, 2.45) is 5.92 Å². The van der Waals surface area contributed by atoms with Gasteiger partial charge in [-0.25, -0.2) is 9.97 Å². The van der Waals surface area contributed by atoms with Gasteiger partial charge in [0.1, 0.15) is 35.2 Å². The zero-order valence-electron chi connectivity index (χ0n) is 20.4. The number of nitrogens with two attached hydrogens (primary N) is 1. The highest BCUT2D eigenvalue weighted by atomic mass is 16.5. The third-order valence-electron chi connectivity index (χ3n) is 7.80. The van der Waals surface area contributed by atoms with Crippen molar-refractivity contribution in [1.29, 1.82) is 0 Å². The van der Waals surface area contributed by atoms with Gasteiger partial charge in [-0.15, -0.1) is 0 Å². The number of fused-ring (bicyclic) bond motifs is 3. The van der Waals surface area contributed by atoms with Gasteiger partial charge in [0.2, 0.25) is 5.91 Å². The normalized spacial score (nSPS) is 18.2. The van der Waals surface area contributed by atoms with Crippen molar-refractivity contribution in [3.63, 3.8) is 0 Å². The first kappa shape index (κ1) is 21.9. The van der Waals surface area contributed by atoms with Crippen molar-refractivity contribution in [2.75, 3.05) is 25.4 Å². The van der Waals surface area contributed by atoms with Gasteiger partial charge in [-0.05, 0) is 43.0 Å². The summed E-state index contributed by atoms with van der Waals surface area (Å²) in [6, 6.07) is 18.3. The van der Waals surface area contributed by atoms with E-state index in [0.717, 1.165) is 64.2 Å². The van der Waals surface area contributed by atoms with Gasteiger partial charge in [0.05, 0.1) is 11.6 Å². The number of para-hydroxylation sites is 2. The fourth-order valence-corrected chi connectivity index (χ4v) is 5.87. The quantitative estimate of drug-likeness (QED) is 0.388. The van der Waals surface area contributed by atoms with E-state index in [9.17, 15) is 4.79 Å². The lowest BCUT2D eigenvalue weighted by atomic mass is 9.92. The number of carbonyl (C=O) groups excluding carboxylic acids is 1. The van der Waals surface area contributed by atoms with Gasteiger partial charge in [0.15, 0.2) is 0 Å². The van der Waals surface area contributed by atoms with Crippen LogP contribution in [0.3, 0.4) is 0 Å². The summed E-state index contributed by atoms with van der Waals surface area (Å²) in [5, 5.41) is 1.13. The molecule has 37 heavy (non-hydrogen) atoms. The minimum atomic E-state index is -0.127. The number of amides is 1. The molecule has 8 nitrogen and oxygen atoms in total. The number of piperidine rings is 1. The first-order valence-corrected chi connectivity index (χ1v) is 12.9. The van der Waals surface area contributed by atoms with Crippen molar-refractivity contribution in [1.82, 2.24) is 24.3 Å². The number of aromatic nitrogens is 4. The van der Waals surface area contributed by atoms with Crippen LogP contribution in [-0.4, -0.2) is 49.9 Å². The third kappa shape index (κ3) is 3.71. The van der Waals surface area contributed by atoms with Gasteiger partial charge in [-0.1, -0.05) is 36.4 Å². The maximum Gasteiger partial charge on any atom is 0.229 e. The van der Waals surface area contributed by atoms with Crippen molar-refractivity contribution < 1.29 is 9.53 Å². The van der Waals surface area contributed by atoms with Gasteiger partial charge in [-0.2, -0.15) is 0 Å². The summed E-state index contributed by atoms with van der Waals surface area (Å²) >= 11 is 0. The molecule has 1 fully saturated rings. The lowest BCUT2D eigenvalue weighted by molar-refractivity contribution is -0.138. The Hall–Kier alpha value is -4.33. The molecule has 2 aliphatic heterocycles. The molecule has 1 saturated heterocycles. The molecule has 2 aromatic carbocycles. The van der Waals surface area contributed by atoms with E-state index in [-0.39, 0.29) is 17.7 Å². The maximum absolute atomic E-state index is 13.3. The molecule has 3 aromatic heterocycles. The number of imidazole rings is 1. The van der Waals surface area contributed by atoms with E-state index in [1.54, 1.807) is 6.20 Å². The maximum atomic E-state index is 13.3. The fraction of sp³-hybridized carbons (Fsp3) is 0.276. The van der Waals surface area contributed by atoms with Crippen LogP contribution < -0.4 is 10.5 Å². The van der Waals surface area contributed by atoms with Gasteiger partial charge >= 0.3 is 0 Å². The molecule has 1 unspecified atom stereocenters. The van der Waals surface area contributed by atoms with Crippen molar-refractivity contribution in [2.45, 2.75) is 25.2 Å². The Morgan fingerprint density at radius 2 is 1.89 bits per heavy atom. The molecule has 2 aliphatic rings. The Balaban J connectivity index is 1.14. The highest BCUT2D eigenvalue weighted by Gasteiger charge is 2.33. The number of nitrogens with one attached hydrogen (secondary N) is 1. The zero-order valence-corrected chi connectivity index (χ0v) is 20.4. The summed E-state index contributed by atoms with van der Waals surface area (Å²) in [7, 11) is 0. The third-order valence-corrected chi connectivity index (χ3v) is 7.80. The van der Waals surface area contributed by atoms with Crippen molar-refractivity contribution in [3.05, 3.63) is 78.4 Å². The van der Waals surface area contributed by atoms with Crippen LogP contribution in [-0.2, 0) is 11.2 Å². The number of nitrogens with zero attached hydrogens (tertiary/aromatic N) is 4. The Morgan fingerprint density at radius 1 is 1.08 bits per heavy atom. The minimum Gasteiger partial charge on any atom is -0.492 e. The Labute approximate surface area is 214 Å². The van der Waals surface area contributed by atoms with Crippen LogP contribution >= 0.6 is 0 Å². The molecular formula is C29H28N6O2. The summed E-state index contributed by atoms with van der Waals surface area (Å²) in [6.45, 7) is 1.86. The monoisotopic (exact) mass is 492 g/mol. The fourth-order valence-electron chi connectivity index (χ4n) is 5.87. The van der Waals surface area contributed by atoms with Gasteiger partial charge in [-0.3, -0.25) is 9.20 Å². The lowest BCUT2D eigenvalue weighted by Crippen LogP contribution is -2.44. The lowest BCUT2D eigenvalue weighted by Gasteiger charge is -2.35. The highest BCUT2D eigenvalue weighted by Crippen LogP contribution is 2.36. The van der Waals surface area contributed by atoms with Crippen LogP contribution in [0.25, 0.3) is 27.8 Å². The molecule has 0 aliphatic carbocycles. The Morgan fingerprint density at radius 3 is 2.76 bits per heavy atom. The van der Waals surface area contributed by atoms with Gasteiger partial charge in [0, 0.05) is 42.3 Å². The van der Waals surface area contributed by atoms with Crippen molar-refractivity contribution >= 4 is 28.1 Å². The molecule has 0 spiro atoms. The average Bonchev–Trinajstić information content (AvgIpc) is 3.55. The van der Waals surface area contributed by atoms with Crippen LogP contribution in [0.4, 0.5) is 5.82 Å². The number of likely N-dealkylation sites (tertiary alicyclic amines) is 1. The number of hydrogen-bond acceptors (Lipinski definition) is 5. The number of hydrogen-bond donors (Lipinski definition) is 2. The zero-order chi connectivity index (χ0) is 24.9. The number of carbonyl (C=O) groups is 1. The highest BCUT2D eigenvalue weighted by molar-refractivity contribution is 5.91. The smallest absolute Gasteiger partial charge is 0.229 e. The largest absolute Gasteiger partial charge is 0.492 e. The van der Waals surface area contributed by atoms with E-state index >= 15 is 0 Å². The summed E-state index contributed by atoms with van der Waals surface area (Å²) in [5.74, 6) is 2.61. The molecule has 1 amide bonds. The predicted molar refractivity (Wildman–Crippen MR) is 142 cm³/mol.